The van der Waals surface area contributed by atoms with Crippen molar-refractivity contribution < 1.29 is 9.53 Å². The molecule has 0 saturated heterocycles. The molecule has 1 unspecified atom stereocenters. The van der Waals surface area contributed by atoms with Gasteiger partial charge in [-0.1, -0.05) is 6.92 Å². The van der Waals surface area contributed by atoms with Gasteiger partial charge in [0.25, 0.3) is 0 Å². The van der Waals surface area contributed by atoms with Crippen LogP contribution in [0.3, 0.4) is 0 Å². The topological polar surface area (TPSA) is 52.3 Å². The summed E-state index contributed by atoms with van der Waals surface area (Å²) in [6, 6.07) is -0.519. The second-order valence-electron chi connectivity index (χ2n) is 3.78. The van der Waals surface area contributed by atoms with Gasteiger partial charge in [0.1, 0.15) is 11.6 Å². The maximum absolute atomic E-state index is 11.2. The van der Waals surface area contributed by atoms with Crippen LogP contribution in [0.1, 0.15) is 34.1 Å². The van der Waals surface area contributed by atoms with Crippen molar-refractivity contribution in [3.8, 4) is 0 Å². The number of nitrogens with two attached hydrogens (primary N) is 1. The first-order valence-corrected chi connectivity index (χ1v) is 4.13. The van der Waals surface area contributed by atoms with Crippen LogP contribution in [-0.2, 0) is 9.53 Å². The van der Waals surface area contributed by atoms with Gasteiger partial charge in [0, 0.05) is 0 Å². The predicted molar refractivity (Wildman–Crippen MR) is 48.4 cm³/mol. The highest BCUT2D eigenvalue weighted by molar-refractivity contribution is 5.75. The zero-order valence-electron chi connectivity index (χ0n) is 8.26. The Bertz CT molecular complexity index is 149. The number of carbonyl (C=O) groups excluding carboxylic acids is 1. The van der Waals surface area contributed by atoms with Gasteiger partial charge in [-0.25, -0.2) is 0 Å². The minimum atomic E-state index is -0.519. The summed E-state index contributed by atoms with van der Waals surface area (Å²) in [5.41, 5.74) is 5.09. The van der Waals surface area contributed by atoms with Crippen LogP contribution in [0.15, 0.2) is 0 Å². The molecule has 0 amide bonds. The molecule has 0 bridgehead atoms. The maximum atomic E-state index is 11.2. The highest BCUT2D eigenvalue weighted by Gasteiger charge is 2.20. The van der Waals surface area contributed by atoms with E-state index >= 15 is 0 Å². The van der Waals surface area contributed by atoms with Crippen molar-refractivity contribution in [2.45, 2.75) is 45.8 Å². The number of hydrogen-bond acceptors (Lipinski definition) is 3. The van der Waals surface area contributed by atoms with Crippen LogP contribution in [0, 0.1) is 6.42 Å². The largest absolute Gasteiger partial charge is 0.459 e. The lowest BCUT2D eigenvalue weighted by atomic mass is 10.1. The fourth-order valence-electron chi connectivity index (χ4n) is 0.728. The molecule has 71 valence electrons. The Morgan fingerprint density at radius 1 is 1.58 bits per heavy atom. The van der Waals surface area contributed by atoms with Gasteiger partial charge in [-0.2, -0.15) is 0 Å². The number of carbonyl (C=O) groups is 1. The predicted octanol–water partition coefficient (Wildman–Crippen LogP) is 1.27. The minimum Gasteiger partial charge on any atom is -0.459 e. The summed E-state index contributed by atoms with van der Waals surface area (Å²) in [6.45, 7) is 7.35. The Morgan fingerprint density at radius 3 is 2.42 bits per heavy atom. The zero-order chi connectivity index (χ0) is 9.78. The van der Waals surface area contributed by atoms with Crippen molar-refractivity contribution in [2.24, 2.45) is 5.73 Å². The maximum Gasteiger partial charge on any atom is 0.323 e. The van der Waals surface area contributed by atoms with Gasteiger partial charge in [-0.05, 0) is 33.6 Å². The van der Waals surface area contributed by atoms with E-state index in [-0.39, 0.29) is 5.97 Å². The van der Waals surface area contributed by atoms with Gasteiger partial charge in [0.2, 0.25) is 0 Å². The van der Waals surface area contributed by atoms with Gasteiger partial charge in [0.15, 0.2) is 0 Å². The summed E-state index contributed by atoms with van der Waals surface area (Å²) in [6.07, 6.45) is 2.42. The molecule has 3 heteroatoms. The molecule has 0 heterocycles. The normalized spacial score (nSPS) is 14.1. The van der Waals surface area contributed by atoms with E-state index < -0.39 is 11.6 Å². The lowest BCUT2D eigenvalue weighted by molar-refractivity contribution is -0.156. The third-order valence-corrected chi connectivity index (χ3v) is 1.20. The van der Waals surface area contributed by atoms with Crippen LogP contribution in [0.2, 0.25) is 0 Å². The van der Waals surface area contributed by atoms with E-state index in [0.717, 1.165) is 0 Å². The first-order chi connectivity index (χ1) is 5.37. The van der Waals surface area contributed by atoms with Crippen LogP contribution in [0.4, 0.5) is 0 Å². The third kappa shape index (κ3) is 5.13. The van der Waals surface area contributed by atoms with Crippen LogP contribution in [0.5, 0.6) is 0 Å². The molecule has 0 aliphatic rings. The molecule has 0 saturated carbocycles. The molecule has 1 radical (unpaired) electrons. The van der Waals surface area contributed by atoms with Crippen LogP contribution in [0.25, 0.3) is 0 Å². The smallest absolute Gasteiger partial charge is 0.323 e. The number of hydrogen-bond donors (Lipinski definition) is 1. The number of rotatable bonds is 3. The lowest BCUT2D eigenvalue weighted by Gasteiger charge is -2.21. The summed E-state index contributed by atoms with van der Waals surface area (Å²) in [5, 5.41) is 0. The summed E-state index contributed by atoms with van der Waals surface area (Å²) in [5.74, 6) is -0.333. The minimum absolute atomic E-state index is 0.333. The summed E-state index contributed by atoms with van der Waals surface area (Å²) < 4.78 is 5.07. The van der Waals surface area contributed by atoms with Crippen molar-refractivity contribution in [1.29, 1.82) is 0 Å². The Balaban J connectivity index is 3.87. The average Bonchev–Trinajstić information content (AvgIpc) is 1.84. The summed E-state index contributed by atoms with van der Waals surface area (Å²) >= 11 is 0. The quantitative estimate of drug-likeness (QED) is 0.652. The Hall–Kier alpha value is -0.570. The van der Waals surface area contributed by atoms with E-state index in [1.807, 2.05) is 34.1 Å². The van der Waals surface area contributed by atoms with Crippen molar-refractivity contribution in [3.63, 3.8) is 0 Å². The van der Waals surface area contributed by atoms with Gasteiger partial charge in [-0.3, -0.25) is 4.79 Å². The Labute approximate surface area is 74.3 Å². The van der Waals surface area contributed by atoms with Crippen LogP contribution < -0.4 is 5.73 Å². The Kier molecular flexibility index (Phi) is 4.24. The molecule has 0 fully saturated rings. The lowest BCUT2D eigenvalue weighted by Crippen LogP contribution is -2.37. The van der Waals surface area contributed by atoms with E-state index in [0.29, 0.717) is 6.42 Å². The van der Waals surface area contributed by atoms with Gasteiger partial charge >= 0.3 is 5.97 Å². The average molecular weight is 172 g/mol. The van der Waals surface area contributed by atoms with Crippen LogP contribution in [-0.4, -0.2) is 17.6 Å². The fraction of sp³-hybridized carbons (Fsp3) is 0.778. The van der Waals surface area contributed by atoms with E-state index in [2.05, 4.69) is 0 Å². The molecule has 1 atom stereocenters. The van der Waals surface area contributed by atoms with Crippen molar-refractivity contribution in [2.75, 3.05) is 0 Å². The van der Waals surface area contributed by atoms with Crippen molar-refractivity contribution in [1.82, 2.24) is 0 Å². The SMILES string of the molecule is C[CH]CC(N)C(=O)OC(C)(C)C. The monoisotopic (exact) mass is 172 g/mol. The summed E-state index contributed by atoms with van der Waals surface area (Å²) in [4.78, 5) is 11.2. The number of esters is 1. The van der Waals surface area contributed by atoms with Gasteiger partial charge < -0.3 is 10.5 Å². The molecule has 0 aromatic rings. The van der Waals surface area contributed by atoms with E-state index in [9.17, 15) is 4.79 Å². The zero-order valence-corrected chi connectivity index (χ0v) is 8.26. The highest BCUT2D eigenvalue weighted by atomic mass is 16.6. The number of ether oxygens (including phenoxy) is 1. The highest BCUT2D eigenvalue weighted by Crippen LogP contribution is 2.09. The molecular weight excluding hydrogens is 154 g/mol. The molecule has 0 aromatic carbocycles. The fourth-order valence-corrected chi connectivity index (χ4v) is 0.728. The standard InChI is InChI=1S/C9H18NO2/c1-5-6-7(10)8(11)12-9(2,3)4/h5,7H,6,10H2,1-4H3. The van der Waals surface area contributed by atoms with Gasteiger partial charge in [0.05, 0.1) is 0 Å². The molecule has 0 rings (SSSR count). The van der Waals surface area contributed by atoms with E-state index in [1.54, 1.807) is 0 Å². The Morgan fingerprint density at radius 2 is 2.08 bits per heavy atom. The molecule has 0 spiro atoms. The molecule has 12 heavy (non-hydrogen) atoms. The molecule has 0 aliphatic heterocycles. The molecule has 3 nitrogen and oxygen atoms in total. The molecule has 2 N–H and O–H groups in total. The second-order valence-corrected chi connectivity index (χ2v) is 3.78. The summed E-state index contributed by atoms with van der Waals surface area (Å²) in [7, 11) is 0. The van der Waals surface area contributed by atoms with E-state index in [4.69, 9.17) is 10.5 Å². The van der Waals surface area contributed by atoms with Gasteiger partial charge in [-0.15, -0.1) is 0 Å². The first-order valence-electron chi connectivity index (χ1n) is 4.13. The first kappa shape index (κ1) is 11.4. The van der Waals surface area contributed by atoms with Crippen molar-refractivity contribution >= 4 is 5.97 Å². The molecule has 0 aromatic heterocycles. The second kappa shape index (κ2) is 4.45. The van der Waals surface area contributed by atoms with E-state index in [1.165, 1.54) is 0 Å². The van der Waals surface area contributed by atoms with Crippen LogP contribution >= 0.6 is 0 Å². The molecular formula is C9H18NO2. The molecule has 0 aliphatic carbocycles. The third-order valence-electron chi connectivity index (χ3n) is 1.20. The van der Waals surface area contributed by atoms with Crippen molar-refractivity contribution in [3.05, 3.63) is 6.42 Å².